The molecule has 3 atom stereocenters. The fourth-order valence-electron chi connectivity index (χ4n) is 3.51. The van der Waals surface area contributed by atoms with Crippen LogP contribution in [0.3, 0.4) is 0 Å². The van der Waals surface area contributed by atoms with E-state index in [-0.39, 0.29) is 17.7 Å². The topological polar surface area (TPSA) is 113 Å². The Hall–Kier alpha value is -3.46. The van der Waals surface area contributed by atoms with E-state index in [4.69, 9.17) is 14.2 Å². The van der Waals surface area contributed by atoms with E-state index in [0.717, 1.165) is 5.56 Å². The van der Waals surface area contributed by atoms with Crippen LogP contribution in [0.25, 0.3) is 11.0 Å². The normalized spacial score (nSPS) is 20.9. The lowest BCUT2D eigenvalue weighted by Gasteiger charge is -2.20. The number of carbonyl (C=O) groups excluding carboxylic acids is 2. The molecule has 0 aliphatic carbocycles. The van der Waals surface area contributed by atoms with Crippen molar-refractivity contribution in [2.45, 2.75) is 38.7 Å². The predicted molar refractivity (Wildman–Crippen MR) is 106 cm³/mol. The number of H-pyrrole nitrogens is 1. The summed E-state index contributed by atoms with van der Waals surface area (Å²) in [6.07, 6.45) is 1.55. The van der Waals surface area contributed by atoms with Gasteiger partial charge in [0.05, 0.1) is 23.5 Å². The number of ether oxygens (including phenoxy) is 3. The smallest absolute Gasteiger partial charge is 0.338 e. The van der Waals surface area contributed by atoms with Crippen LogP contribution < -0.4 is 5.56 Å². The molecule has 2 aromatic heterocycles. The molecule has 0 spiro atoms. The Kier molecular flexibility index (Phi) is 5.37. The molecule has 1 unspecified atom stereocenters. The van der Waals surface area contributed by atoms with Crippen LogP contribution in [0.15, 0.2) is 47.7 Å². The molecule has 156 valence electrons. The van der Waals surface area contributed by atoms with Crippen LogP contribution in [-0.2, 0) is 19.0 Å². The summed E-state index contributed by atoms with van der Waals surface area (Å²) in [6.45, 7) is 3.26. The zero-order valence-electron chi connectivity index (χ0n) is 16.5. The van der Waals surface area contributed by atoms with Gasteiger partial charge in [-0.15, -0.1) is 0 Å². The standard InChI is InChI=1S/C21H21N3O6/c1-12-3-5-14(6-4-12)21(27)28-10-15-9-17(29-13(2)25)20(30-15)24-11-23-18-16(24)7-8-22-19(18)26/h3-8,11,15,17,20H,9-10H2,1-2H3,(H,22,26)/t15-,17?,20+/m0/s1. The van der Waals surface area contributed by atoms with Gasteiger partial charge in [0, 0.05) is 19.5 Å². The van der Waals surface area contributed by atoms with E-state index < -0.39 is 30.4 Å². The number of pyridine rings is 1. The van der Waals surface area contributed by atoms with Gasteiger partial charge in [-0.05, 0) is 25.1 Å². The molecule has 1 saturated heterocycles. The zero-order chi connectivity index (χ0) is 21.3. The second-order valence-corrected chi connectivity index (χ2v) is 7.19. The van der Waals surface area contributed by atoms with Gasteiger partial charge in [0.2, 0.25) is 0 Å². The van der Waals surface area contributed by atoms with E-state index in [9.17, 15) is 14.4 Å². The molecule has 3 heterocycles. The number of nitrogens with zero attached hydrogens (tertiary/aromatic N) is 2. The van der Waals surface area contributed by atoms with E-state index in [0.29, 0.717) is 17.5 Å². The Labute approximate surface area is 171 Å². The van der Waals surface area contributed by atoms with Gasteiger partial charge in [-0.25, -0.2) is 9.78 Å². The average Bonchev–Trinajstić information content (AvgIpc) is 3.31. The summed E-state index contributed by atoms with van der Waals surface area (Å²) >= 11 is 0. The van der Waals surface area contributed by atoms with Gasteiger partial charge in [-0.3, -0.25) is 14.2 Å². The Balaban J connectivity index is 1.50. The highest BCUT2D eigenvalue weighted by Gasteiger charge is 2.40. The molecular weight excluding hydrogens is 390 g/mol. The first-order chi connectivity index (χ1) is 14.4. The van der Waals surface area contributed by atoms with Gasteiger partial charge in [0.25, 0.3) is 5.56 Å². The lowest BCUT2D eigenvalue weighted by molar-refractivity contribution is -0.152. The summed E-state index contributed by atoms with van der Waals surface area (Å²) < 4.78 is 18.5. The van der Waals surface area contributed by atoms with Crippen molar-refractivity contribution in [1.29, 1.82) is 0 Å². The molecule has 9 heteroatoms. The van der Waals surface area contributed by atoms with Crippen LogP contribution in [0.5, 0.6) is 0 Å². The largest absolute Gasteiger partial charge is 0.459 e. The number of nitrogens with one attached hydrogen (secondary N) is 1. The number of hydrogen-bond acceptors (Lipinski definition) is 7. The van der Waals surface area contributed by atoms with Crippen molar-refractivity contribution in [3.05, 3.63) is 64.3 Å². The Bertz CT molecular complexity index is 1130. The third-order valence-corrected chi connectivity index (χ3v) is 4.93. The van der Waals surface area contributed by atoms with Crippen LogP contribution in [0, 0.1) is 6.92 Å². The van der Waals surface area contributed by atoms with Gasteiger partial charge >= 0.3 is 11.9 Å². The second-order valence-electron chi connectivity index (χ2n) is 7.19. The quantitative estimate of drug-likeness (QED) is 0.640. The van der Waals surface area contributed by atoms with Crippen LogP contribution in [0.4, 0.5) is 0 Å². The van der Waals surface area contributed by atoms with Crippen molar-refractivity contribution < 1.29 is 23.8 Å². The maximum Gasteiger partial charge on any atom is 0.338 e. The van der Waals surface area contributed by atoms with Crippen molar-refractivity contribution in [1.82, 2.24) is 14.5 Å². The molecule has 1 fully saturated rings. The van der Waals surface area contributed by atoms with Crippen molar-refractivity contribution >= 4 is 23.0 Å². The first-order valence-corrected chi connectivity index (χ1v) is 9.53. The van der Waals surface area contributed by atoms with E-state index >= 15 is 0 Å². The van der Waals surface area contributed by atoms with Gasteiger partial charge in [-0.2, -0.15) is 0 Å². The summed E-state index contributed by atoms with van der Waals surface area (Å²) in [4.78, 5) is 42.5. The molecular formula is C21H21N3O6. The lowest BCUT2D eigenvalue weighted by Crippen LogP contribution is -2.24. The number of rotatable bonds is 5. The van der Waals surface area contributed by atoms with Crippen LogP contribution >= 0.6 is 0 Å². The molecule has 30 heavy (non-hydrogen) atoms. The SMILES string of the molecule is CC(=O)OC1C[C@@H](COC(=O)c2ccc(C)cc2)O[C@H]1n1cnc2c(=O)[nH]ccc21. The number of esters is 2. The maximum atomic E-state index is 12.3. The van der Waals surface area contributed by atoms with E-state index in [2.05, 4.69) is 9.97 Å². The van der Waals surface area contributed by atoms with E-state index in [1.807, 2.05) is 19.1 Å². The number of aryl methyl sites for hydroxylation is 1. The minimum Gasteiger partial charge on any atom is -0.459 e. The molecule has 0 amide bonds. The molecule has 0 saturated carbocycles. The average molecular weight is 411 g/mol. The van der Waals surface area contributed by atoms with Crippen molar-refractivity contribution in [3.8, 4) is 0 Å². The number of benzene rings is 1. The van der Waals surface area contributed by atoms with Gasteiger partial charge in [0.15, 0.2) is 11.7 Å². The molecule has 1 aliphatic rings. The first kappa shape index (κ1) is 19.8. The summed E-state index contributed by atoms with van der Waals surface area (Å²) in [7, 11) is 0. The van der Waals surface area contributed by atoms with E-state index in [1.165, 1.54) is 19.4 Å². The maximum absolute atomic E-state index is 12.3. The van der Waals surface area contributed by atoms with Gasteiger partial charge in [-0.1, -0.05) is 17.7 Å². The van der Waals surface area contributed by atoms with Crippen molar-refractivity contribution in [3.63, 3.8) is 0 Å². The lowest BCUT2D eigenvalue weighted by atomic mass is 10.1. The number of hydrogen-bond donors (Lipinski definition) is 1. The highest BCUT2D eigenvalue weighted by atomic mass is 16.6. The molecule has 1 aromatic carbocycles. The number of fused-ring (bicyclic) bond motifs is 1. The number of aromatic amines is 1. The summed E-state index contributed by atoms with van der Waals surface area (Å²) in [5.74, 6) is -0.904. The summed E-state index contributed by atoms with van der Waals surface area (Å²) in [5, 5.41) is 0. The summed E-state index contributed by atoms with van der Waals surface area (Å²) in [5.41, 5.74) is 1.99. The number of carbonyl (C=O) groups is 2. The first-order valence-electron chi connectivity index (χ1n) is 9.53. The number of aromatic nitrogens is 3. The Morgan fingerprint density at radius 1 is 1.27 bits per heavy atom. The molecule has 9 nitrogen and oxygen atoms in total. The molecule has 3 aromatic rings. The molecule has 1 N–H and O–H groups in total. The van der Waals surface area contributed by atoms with Crippen molar-refractivity contribution in [2.75, 3.05) is 6.61 Å². The highest BCUT2D eigenvalue weighted by molar-refractivity contribution is 5.89. The second kappa shape index (κ2) is 8.11. The highest BCUT2D eigenvalue weighted by Crippen LogP contribution is 2.33. The van der Waals surface area contributed by atoms with Crippen LogP contribution in [0.1, 0.15) is 35.5 Å². The third kappa shape index (κ3) is 3.97. The zero-order valence-corrected chi connectivity index (χ0v) is 16.5. The third-order valence-electron chi connectivity index (χ3n) is 4.93. The van der Waals surface area contributed by atoms with Crippen LogP contribution in [-0.4, -0.2) is 45.3 Å². The molecule has 1 aliphatic heterocycles. The number of imidazole rings is 1. The fourth-order valence-corrected chi connectivity index (χ4v) is 3.51. The van der Waals surface area contributed by atoms with Crippen LogP contribution in [0.2, 0.25) is 0 Å². The van der Waals surface area contributed by atoms with E-state index in [1.54, 1.807) is 22.8 Å². The Morgan fingerprint density at radius 3 is 2.77 bits per heavy atom. The van der Waals surface area contributed by atoms with Gasteiger partial charge < -0.3 is 19.2 Å². The fraction of sp³-hybridized carbons (Fsp3) is 0.333. The summed E-state index contributed by atoms with van der Waals surface area (Å²) in [6, 6.07) is 8.77. The molecule has 0 radical (unpaired) electrons. The van der Waals surface area contributed by atoms with Gasteiger partial charge in [0.1, 0.15) is 12.7 Å². The minimum absolute atomic E-state index is 0.00812. The molecule has 4 rings (SSSR count). The minimum atomic E-state index is -0.691. The Morgan fingerprint density at radius 2 is 2.03 bits per heavy atom. The predicted octanol–water partition coefficient (Wildman–Crippen LogP) is 2.11. The molecule has 0 bridgehead atoms. The van der Waals surface area contributed by atoms with Crippen molar-refractivity contribution in [2.24, 2.45) is 0 Å². The monoisotopic (exact) mass is 411 g/mol.